The predicted octanol–water partition coefficient (Wildman–Crippen LogP) is 0.0124. The SMILES string of the molecule is CC(CO)N(C(=O)C1(C(N)=O)CCCCC1)C(C)CO. The Morgan fingerprint density at radius 2 is 1.55 bits per heavy atom. The molecule has 2 unspecified atom stereocenters. The van der Waals surface area contributed by atoms with E-state index in [-0.39, 0.29) is 19.1 Å². The van der Waals surface area contributed by atoms with E-state index in [2.05, 4.69) is 0 Å². The molecule has 0 bridgehead atoms. The second kappa shape index (κ2) is 7.04. The van der Waals surface area contributed by atoms with Gasteiger partial charge in [-0.3, -0.25) is 9.59 Å². The normalized spacial score (nSPS) is 21.0. The van der Waals surface area contributed by atoms with Crippen molar-refractivity contribution in [2.24, 2.45) is 11.1 Å². The smallest absolute Gasteiger partial charge is 0.238 e. The Balaban J connectivity index is 3.10. The summed E-state index contributed by atoms with van der Waals surface area (Å²) < 4.78 is 0. The first-order chi connectivity index (χ1) is 9.40. The molecule has 2 amide bonds. The predicted molar refractivity (Wildman–Crippen MR) is 74.7 cm³/mol. The van der Waals surface area contributed by atoms with Crippen molar-refractivity contribution in [1.82, 2.24) is 4.90 Å². The first-order valence-corrected chi connectivity index (χ1v) is 7.25. The number of hydrogen-bond donors (Lipinski definition) is 3. The summed E-state index contributed by atoms with van der Waals surface area (Å²) in [5.74, 6) is -0.949. The molecule has 116 valence electrons. The molecule has 1 rings (SSSR count). The van der Waals surface area contributed by atoms with E-state index in [0.29, 0.717) is 12.8 Å². The Labute approximate surface area is 119 Å². The lowest BCUT2D eigenvalue weighted by molar-refractivity contribution is -0.157. The average Bonchev–Trinajstić information content (AvgIpc) is 2.47. The molecule has 0 saturated heterocycles. The van der Waals surface area contributed by atoms with Crippen LogP contribution in [0.1, 0.15) is 46.0 Å². The number of amides is 2. The van der Waals surface area contributed by atoms with E-state index >= 15 is 0 Å². The number of carbonyl (C=O) groups is 2. The number of nitrogens with zero attached hydrogens (tertiary/aromatic N) is 1. The second-order valence-electron chi connectivity index (χ2n) is 5.78. The highest BCUT2D eigenvalue weighted by Crippen LogP contribution is 2.38. The van der Waals surface area contributed by atoms with Crippen molar-refractivity contribution in [3.8, 4) is 0 Å². The van der Waals surface area contributed by atoms with Crippen molar-refractivity contribution >= 4 is 11.8 Å². The zero-order valence-corrected chi connectivity index (χ0v) is 12.3. The summed E-state index contributed by atoms with van der Waals surface area (Å²) in [6.07, 6.45) is 3.49. The van der Waals surface area contributed by atoms with Gasteiger partial charge < -0.3 is 20.8 Å². The van der Waals surface area contributed by atoms with Crippen molar-refractivity contribution in [2.75, 3.05) is 13.2 Å². The minimum atomic E-state index is -1.18. The van der Waals surface area contributed by atoms with E-state index in [1.54, 1.807) is 13.8 Å². The van der Waals surface area contributed by atoms with E-state index in [9.17, 15) is 19.8 Å². The molecule has 0 aliphatic heterocycles. The lowest BCUT2D eigenvalue weighted by Crippen LogP contribution is -2.58. The van der Waals surface area contributed by atoms with Gasteiger partial charge in [0.25, 0.3) is 0 Å². The summed E-state index contributed by atoms with van der Waals surface area (Å²) in [5, 5.41) is 18.7. The molecule has 0 spiro atoms. The standard InChI is InChI=1S/C14H26N2O4/c1-10(8-17)16(11(2)9-18)13(20)14(12(15)19)6-4-3-5-7-14/h10-11,17-18H,3-9H2,1-2H3,(H2,15,19). The first kappa shape index (κ1) is 16.9. The number of aliphatic hydroxyl groups excluding tert-OH is 2. The number of hydrogen-bond acceptors (Lipinski definition) is 4. The molecule has 1 saturated carbocycles. The van der Waals surface area contributed by atoms with Crippen molar-refractivity contribution in [1.29, 1.82) is 0 Å². The van der Waals surface area contributed by atoms with Crippen LogP contribution in [0.3, 0.4) is 0 Å². The van der Waals surface area contributed by atoms with Crippen LogP contribution in [0.5, 0.6) is 0 Å². The summed E-state index contributed by atoms with van der Waals surface area (Å²) in [5.41, 5.74) is 4.34. The summed E-state index contributed by atoms with van der Waals surface area (Å²) in [6, 6.07) is -0.911. The van der Waals surface area contributed by atoms with Gasteiger partial charge >= 0.3 is 0 Å². The Morgan fingerprint density at radius 3 is 1.90 bits per heavy atom. The van der Waals surface area contributed by atoms with Crippen LogP contribution in [0, 0.1) is 5.41 Å². The van der Waals surface area contributed by atoms with Gasteiger partial charge in [0.05, 0.1) is 25.3 Å². The Bertz CT molecular complexity index is 343. The van der Waals surface area contributed by atoms with Crippen LogP contribution in [-0.4, -0.2) is 52.2 Å². The summed E-state index contributed by atoms with van der Waals surface area (Å²) in [6.45, 7) is 2.96. The zero-order valence-electron chi connectivity index (χ0n) is 12.3. The van der Waals surface area contributed by atoms with Gasteiger partial charge in [-0.1, -0.05) is 19.3 Å². The summed E-state index contributed by atoms with van der Waals surface area (Å²) in [4.78, 5) is 26.2. The fraction of sp³-hybridized carbons (Fsp3) is 0.857. The third-order valence-corrected chi connectivity index (χ3v) is 4.30. The molecule has 20 heavy (non-hydrogen) atoms. The van der Waals surface area contributed by atoms with Gasteiger partial charge in [0.1, 0.15) is 5.41 Å². The van der Waals surface area contributed by atoms with Crippen LogP contribution < -0.4 is 5.73 Å². The Morgan fingerprint density at radius 1 is 1.10 bits per heavy atom. The van der Waals surface area contributed by atoms with Gasteiger partial charge in [0, 0.05) is 0 Å². The highest BCUT2D eigenvalue weighted by atomic mass is 16.3. The fourth-order valence-corrected chi connectivity index (χ4v) is 2.98. The molecule has 0 radical (unpaired) electrons. The Kier molecular flexibility index (Phi) is 5.95. The highest BCUT2D eigenvalue weighted by Gasteiger charge is 2.48. The summed E-state index contributed by atoms with van der Waals surface area (Å²) in [7, 11) is 0. The molecule has 1 aliphatic rings. The Hall–Kier alpha value is -1.14. The zero-order chi connectivity index (χ0) is 15.3. The van der Waals surface area contributed by atoms with Crippen molar-refractivity contribution in [3.63, 3.8) is 0 Å². The number of carbonyl (C=O) groups excluding carboxylic acids is 2. The maximum Gasteiger partial charge on any atom is 0.238 e. The van der Waals surface area contributed by atoms with Gasteiger partial charge in [-0.2, -0.15) is 0 Å². The molecule has 4 N–H and O–H groups in total. The van der Waals surface area contributed by atoms with E-state index in [4.69, 9.17) is 5.73 Å². The van der Waals surface area contributed by atoms with Gasteiger partial charge in [0.15, 0.2) is 0 Å². The van der Waals surface area contributed by atoms with Crippen molar-refractivity contribution < 1.29 is 19.8 Å². The van der Waals surface area contributed by atoms with E-state index in [1.165, 1.54) is 4.90 Å². The first-order valence-electron chi connectivity index (χ1n) is 7.25. The minimum Gasteiger partial charge on any atom is -0.394 e. The molecule has 2 atom stereocenters. The fourth-order valence-electron chi connectivity index (χ4n) is 2.98. The maximum absolute atomic E-state index is 12.9. The number of nitrogens with two attached hydrogens (primary N) is 1. The van der Waals surface area contributed by atoms with E-state index < -0.39 is 23.4 Å². The topological polar surface area (TPSA) is 104 Å². The van der Waals surface area contributed by atoms with Gasteiger partial charge in [-0.05, 0) is 26.7 Å². The molecule has 1 aliphatic carbocycles. The molecule has 0 aromatic carbocycles. The number of primary amides is 1. The molecule has 0 aromatic heterocycles. The molecule has 1 fully saturated rings. The highest BCUT2D eigenvalue weighted by molar-refractivity contribution is 6.04. The van der Waals surface area contributed by atoms with E-state index in [1.807, 2.05) is 0 Å². The van der Waals surface area contributed by atoms with Gasteiger partial charge in [0.2, 0.25) is 11.8 Å². The quantitative estimate of drug-likeness (QED) is 0.598. The lowest BCUT2D eigenvalue weighted by atomic mass is 9.72. The number of aliphatic hydroxyl groups is 2. The van der Waals surface area contributed by atoms with Crippen LogP contribution in [-0.2, 0) is 9.59 Å². The molecule has 6 nitrogen and oxygen atoms in total. The minimum absolute atomic E-state index is 0.217. The van der Waals surface area contributed by atoms with Crippen LogP contribution in [0.4, 0.5) is 0 Å². The summed E-state index contributed by atoms with van der Waals surface area (Å²) >= 11 is 0. The molecule has 0 aromatic rings. The van der Waals surface area contributed by atoms with Crippen LogP contribution in [0.25, 0.3) is 0 Å². The van der Waals surface area contributed by atoms with E-state index in [0.717, 1.165) is 19.3 Å². The van der Waals surface area contributed by atoms with Crippen LogP contribution in [0.15, 0.2) is 0 Å². The van der Waals surface area contributed by atoms with Crippen LogP contribution in [0.2, 0.25) is 0 Å². The molecule has 6 heteroatoms. The van der Waals surface area contributed by atoms with Crippen molar-refractivity contribution in [3.05, 3.63) is 0 Å². The average molecular weight is 286 g/mol. The second-order valence-corrected chi connectivity index (χ2v) is 5.78. The third-order valence-electron chi connectivity index (χ3n) is 4.30. The van der Waals surface area contributed by atoms with Crippen molar-refractivity contribution in [2.45, 2.75) is 58.0 Å². The maximum atomic E-state index is 12.9. The van der Waals surface area contributed by atoms with Gasteiger partial charge in [-0.15, -0.1) is 0 Å². The van der Waals surface area contributed by atoms with Crippen LogP contribution >= 0.6 is 0 Å². The third kappa shape index (κ3) is 3.12. The lowest BCUT2D eigenvalue weighted by Gasteiger charge is -2.41. The van der Waals surface area contributed by atoms with Gasteiger partial charge in [-0.25, -0.2) is 0 Å². The molecular weight excluding hydrogens is 260 g/mol. The largest absolute Gasteiger partial charge is 0.394 e. The molecule has 0 heterocycles. The molecular formula is C14H26N2O4. The monoisotopic (exact) mass is 286 g/mol. The number of rotatable bonds is 6.